The molecule has 3 nitrogen and oxygen atoms in total. The summed E-state index contributed by atoms with van der Waals surface area (Å²) in [6, 6.07) is 1.07. The molecule has 2 N–H and O–H groups in total. The van der Waals surface area contributed by atoms with Gasteiger partial charge in [-0.1, -0.05) is 6.92 Å². The smallest absolute Gasteiger partial charge is 0.0589 e. The minimum atomic E-state index is 0.425. The van der Waals surface area contributed by atoms with Gasteiger partial charge in [0.2, 0.25) is 0 Å². The van der Waals surface area contributed by atoms with Gasteiger partial charge in [0.15, 0.2) is 0 Å². The van der Waals surface area contributed by atoms with Crippen molar-refractivity contribution in [1.82, 2.24) is 4.90 Å². The Balaban J connectivity index is 2.24. The molecular formula is C13H28N2O. The molecule has 1 aliphatic carbocycles. The van der Waals surface area contributed by atoms with Gasteiger partial charge in [-0.15, -0.1) is 0 Å². The van der Waals surface area contributed by atoms with E-state index in [4.69, 9.17) is 10.5 Å². The largest absolute Gasteiger partial charge is 0.383 e. The van der Waals surface area contributed by atoms with E-state index in [0.717, 1.165) is 32.0 Å². The third kappa shape index (κ3) is 4.81. The highest BCUT2D eigenvalue weighted by Crippen LogP contribution is 2.32. The minimum absolute atomic E-state index is 0.425. The van der Waals surface area contributed by atoms with E-state index >= 15 is 0 Å². The second-order valence-corrected chi connectivity index (χ2v) is 5.08. The molecule has 1 aliphatic rings. The van der Waals surface area contributed by atoms with Gasteiger partial charge in [0.25, 0.3) is 0 Å². The number of hydrogen-bond acceptors (Lipinski definition) is 3. The van der Waals surface area contributed by atoms with E-state index in [-0.39, 0.29) is 0 Å². The van der Waals surface area contributed by atoms with Crippen LogP contribution in [-0.2, 0) is 4.74 Å². The van der Waals surface area contributed by atoms with Crippen molar-refractivity contribution in [2.45, 2.75) is 51.6 Å². The second-order valence-electron chi connectivity index (χ2n) is 5.08. The molecule has 0 amide bonds. The summed E-state index contributed by atoms with van der Waals surface area (Å²) in [6.07, 6.45) is 5.03. The molecule has 96 valence electrons. The molecule has 16 heavy (non-hydrogen) atoms. The number of nitrogens with two attached hydrogens (primary N) is 1. The molecule has 0 bridgehead atoms. The molecule has 0 aromatic rings. The molecule has 2 unspecified atom stereocenters. The molecule has 0 aromatic heterocycles. The van der Waals surface area contributed by atoms with Gasteiger partial charge in [0.05, 0.1) is 6.61 Å². The number of rotatable bonds is 9. The maximum atomic E-state index is 6.14. The fourth-order valence-corrected chi connectivity index (χ4v) is 2.09. The van der Waals surface area contributed by atoms with Crippen molar-refractivity contribution in [2.75, 3.05) is 26.8 Å². The number of hydrogen-bond donors (Lipinski definition) is 1. The van der Waals surface area contributed by atoms with Crippen molar-refractivity contribution >= 4 is 0 Å². The predicted molar refractivity (Wildman–Crippen MR) is 68.5 cm³/mol. The summed E-state index contributed by atoms with van der Waals surface area (Å²) in [5.74, 6) is 0.821. The van der Waals surface area contributed by atoms with Crippen LogP contribution in [0.3, 0.4) is 0 Å². The third-order valence-corrected chi connectivity index (χ3v) is 3.77. The highest BCUT2D eigenvalue weighted by atomic mass is 16.5. The molecule has 0 spiro atoms. The monoisotopic (exact) mass is 228 g/mol. The van der Waals surface area contributed by atoms with Gasteiger partial charge in [-0.25, -0.2) is 0 Å². The molecule has 0 heterocycles. The Kier molecular flexibility index (Phi) is 6.32. The lowest BCUT2D eigenvalue weighted by atomic mass is 10.1. The lowest BCUT2D eigenvalue weighted by Gasteiger charge is -2.29. The van der Waals surface area contributed by atoms with E-state index in [2.05, 4.69) is 18.7 Å². The summed E-state index contributed by atoms with van der Waals surface area (Å²) >= 11 is 0. The van der Waals surface area contributed by atoms with Crippen LogP contribution in [0.4, 0.5) is 0 Å². The highest BCUT2D eigenvalue weighted by Gasteiger charge is 2.28. The zero-order valence-electron chi connectivity index (χ0n) is 11.1. The van der Waals surface area contributed by atoms with Crippen molar-refractivity contribution in [3.8, 4) is 0 Å². The normalized spacial score (nSPS) is 20.1. The van der Waals surface area contributed by atoms with Crippen molar-refractivity contribution in [1.29, 1.82) is 0 Å². The van der Waals surface area contributed by atoms with Crippen LogP contribution in [0.1, 0.15) is 39.5 Å². The molecular weight excluding hydrogens is 200 g/mol. The first kappa shape index (κ1) is 13.9. The number of ether oxygens (including phenoxy) is 1. The lowest BCUT2D eigenvalue weighted by Crippen LogP contribution is -2.39. The SMILES string of the molecule is CCC(C)N(CCOC)CCC(N)C1CC1. The van der Waals surface area contributed by atoms with Crippen LogP contribution in [0.15, 0.2) is 0 Å². The van der Waals surface area contributed by atoms with E-state index in [1.165, 1.54) is 19.3 Å². The zero-order chi connectivity index (χ0) is 12.0. The Morgan fingerprint density at radius 2 is 2.06 bits per heavy atom. The Bertz CT molecular complexity index is 183. The standard InChI is InChI=1S/C13H28N2O/c1-4-11(2)15(9-10-16-3)8-7-13(14)12-5-6-12/h11-13H,4-10,14H2,1-3H3. The average Bonchev–Trinajstić information content (AvgIpc) is 3.11. The summed E-state index contributed by atoms with van der Waals surface area (Å²) in [7, 11) is 1.77. The molecule has 1 rings (SSSR count). The number of methoxy groups -OCH3 is 1. The van der Waals surface area contributed by atoms with Crippen LogP contribution in [-0.4, -0.2) is 43.8 Å². The van der Waals surface area contributed by atoms with Crippen LogP contribution in [0.2, 0.25) is 0 Å². The van der Waals surface area contributed by atoms with Gasteiger partial charge in [-0.2, -0.15) is 0 Å². The average molecular weight is 228 g/mol. The van der Waals surface area contributed by atoms with Crippen LogP contribution in [0, 0.1) is 5.92 Å². The van der Waals surface area contributed by atoms with E-state index in [9.17, 15) is 0 Å². The quantitative estimate of drug-likeness (QED) is 0.654. The molecule has 0 aliphatic heterocycles. The maximum absolute atomic E-state index is 6.14. The highest BCUT2D eigenvalue weighted by molar-refractivity contribution is 4.84. The summed E-state index contributed by atoms with van der Waals surface area (Å²) in [5.41, 5.74) is 6.14. The molecule has 2 atom stereocenters. The Labute approximate surface area is 100 Å². The van der Waals surface area contributed by atoms with Crippen LogP contribution in [0.25, 0.3) is 0 Å². The van der Waals surface area contributed by atoms with Crippen molar-refractivity contribution in [3.05, 3.63) is 0 Å². The first-order chi connectivity index (χ1) is 7.69. The van der Waals surface area contributed by atoms with E-state index < -0.39 is 0 Å². The molecule has 1 saturated carbocycles. The Morgan fingerprint density at radius 3 is 2.56 bits per heavy atom. The fourth-order valence-electron chi connectivity index (χ4n) is 2.09. The summed E-state index contributed by atoms with van der Waals surface area (Å²) in [4.78, 5) is 2.51. The van der Waals surface area contributed by atoms with Gasteiger partial charge in [-0.3, -0.25) is 4.90 Å². The van der Waals surface area contributed by atoms with Crippen molar-refractivity contribution in [2.24, 2.45) is 11.7 Å². The van der Waals surface area contributed by atoms with Crippen LogP contribution in [0.5, 0.6) is 0 Å². The predicted octanol–water partition coefficient (Wildman–Crippen LogP) is 1.86. The maximum Gasteiger partial charge on any atom is 0.0589 e. The molecule has 1 fully saturated rings. The summed E-state index contributed by atoms with van der Waals surface area (Å²) < 4.78 is 5.16. The minimum Gasteiger partial charge on any atom is -0.383 e. The zero-order valence-corrected chi connectivity index (χ0v) is 11.1. The van der Waals surface area contributed by atoms with E-state index in [1.807, 2.05) is 0 Å². The Hall–Kier alpha value is -0.120. The second kappa shape index (κ2) is 7.25. The van der Waals surface area contributed by atoms with Crippen molar-refractivity contribution in [3.63, 3.8) is 0 Å². The van der Waals surface area contributed by atoms with E-state index in [1.54, 1.807) is 7.11 Å². The van der Waals surface area contributed by atoms with Crippen LogP contribution >= 0.6 is 0 Å². The fraction of sp³-hybridized carbons (Fsp3) is 1.00. The first-order valence-corrected chi connectivity index (χ1v) is 6.67. The van der Waals surface area contributed by atoms with Gasteiger partial charge < -0.3 is 10.5 Å². The third-order valence-electron chi connectivity index (χ3n) is 3.77. The molecule has 0 saturated heterocycles. The number of nitrogens with zero attached hydrogens (tertiary/aromatic N) is 1. The van der Waals surface area contributed by atoms with Crippen LogP contribution < -0.4 is 5.73 Å². The Morgan fingerprint density at radius 1 is 1.38 bits per heavy atom. The molecule has 0 radical (unpaired) electrons. The topological polar surface area (TPSA) is 38.5 Å². The van der Waals surface area contributed by atoms with Gasteiger partial charge in [0, 0.05) is 25.7 Å². The lowest BCUT2D eigenvalue weighted by molar-refractivity contribution is 0.120. The van der Waals surface area contributed by atoms with Gasteiger partial charge >= 0.3 is 0 Å². The summed E-state index contributed by atoms with van der Waals surface area (Å²) in [5, 5.41) is 0. The van der Waals surface area contributed by atoms with E-state index in [0.29, 0.717) is 12.1 Å². The van der Waals surface area contributed by atoms with Gasteiger partial charge in [-0.05, 0) is 45.1 Å². The molecule has 0 aromatic carbocycles. The van der Waals surface area contributed by atoms with Gasteiger partial charge in [0.1, 0.15) is 0 Å². The molecule has 3 heteroatoms. The van der Waals surface area contributed by atoms with Crippen molar-refractivity contribution < 1.29 is 4.74 Å². The first-order valence-electron chi connectivity index (χ1n) is 6.67. The summed E-state index contributed by atoms with van der Waals surface area (Å²) in [6.45, 7) is 7.51.